The predicted octanol–water partition coefficient (Wildman–Crippen LogP) is 4.91. The molecule has 2 heteroatoms. The molecular weight excluding hydrogens is 220 g/mol. The maximum Gasteiger partial charge on any atom is 0.0218 e. The van der Waals surface area contributed by atoms with Crippen LogP contribution in [0, 0.1) is 0 Å². The molecule has 0 amide bonds. The fraction of sp³-hybridized carbons (Fsp3) is 0.385. The standard InChI is InChI=1S/C13H18S2/c1-5-10-14-15-12-8-6-11(7-9-12)13(2,3)4/h5-9H,1,10H2,2-4H3. The molecule has 82 valence electrons. The van der Waals surface area contributed by atoms with Crippen LogP contribution in [0.25, 0.3) is 0 Å². The van der Waals surface area contributed by atoms with Gasteiger partial charge in [0.2, 0.25) is 0 Å². The number of hydrogen-bond donors (Lipinski definition) is 0. The van der Waals surface area contributed by atoms with Crippen LogP contribution >= 0.6 is 21.6 Å². The highest BCUT2D eigenvalue weighted by Crippen LogP contribution is 2.32. The Kier molecular flexibility index (Phi) is 4.81. The Balaban J connectivity index is 2.60. The molecule has 0 fully saturated rings. The van der Waals surface area contributed by atoms with Gasteiger partial charge in [0.05, 0.1) is 0 Å². The van der Waals surface area contributed by atoms with E-state index in [0.717, 1.165) is 5.75 Å². The zero-order valence-corrected chi connectivity index (χ0v) is 11.3. The molecular formula is C13H18S2. The van der Waals surface area contributed by atoms with Crippen molar-refractivity contribution in [3.63, 3.8) is 0 Å². The third-order valence-corrected chi connectivity index (χ3v) is 4.35. The molecule has 0 radical (unpaired) electrons. The third kappa shape index (κ3) is 4.35. The first-order chi connectivity index (χ1) is 7.04. The van der Waals surface area contributed by atoms with Crippen LogP contribution in [0.1, 0.15) is 26.3 Å². The fourth-order valence-corrected chi connectivity index (χ4v) is 2.94. The molecule has 0 saturated carbocycles. The van der Waals surface area contributed by atoms with Crippen molar-refractivity contribution in [2.24, 2.45) is 0 Å². The van der Waals surface area contributed by atoms with E-state index >= 15 is 0 Å². The second kappa shape index (κ2) is 5.66. The number of hydrogen-bond acceptors (Lipinski definition) is 2. The largest absolute Gasteiger partial charge is 0.102 e. The SMILES string of the molecule is C=CCSSc1ccc(C(C)(C)C)cc1. The van der Waals surface area contributed by atoms with Crippen LogP contribution in [0.15, 0.2) is 41.8 Å². The molecule has 0 bridgehead atoms. The highest BCUT2D eigenvalue weighted by molar-refractivity contribution is 8.76. The predicted molar refractivity (Wildman–Crippen MR) is 73.7 cm³/mol. The van der Waals surface area contributed by atoms with Crippen LogP contribution in [0.2, 0.25) is 0 Å². The quantitative estimate of drug-likeness (QED) is 0.415. The highest BCUT2D eigenvalue weighted by Gasteiger charge is 2.12. The van der Waals surface area contributed by atoms with E-state index in [9.17, 15) is 0 Å². The summed E-state index contributed by atoms with van der Waals surface area (Å²) in [6, 6.07) is 8.83. The average molecular weight is 238 g/mol. The molecule has 1 aromatic carbocycles. The number of benzene rings is 1. The van der Waals surface area contributed by atoms with Crippen molar-refractivity contribution in [3.8, 4) is 0 Å². The van der Waals surface area contributed by atoms with Gasteiger partial charge in [0, 0.05) is 10.6 Å². The van der Waals surface area contributed by atoms with E-state index in [0.29, 0.717) is 0 Å². The molecule has 15 heavy (non-hydrogen) atoms. The van der Waals surface area contributed by atoms with E-state index in [1.807, 2.05) is 27.7 Å². The van der Waals surface area contributed by atoms with Gasteiger partial charge < -0.3 is 0 Å². The molecule has 0 aliphatic rings. The first-order valence-corrected chi connectivity index (χ1v) is 7.37. The molecule has 1 aromatic rings. The smallest absolute Gasteiger partial charge is 0.0218 e. The van der Waals surface area contributed by atoms with Crippen molar-refractivity contribution in [1.29, 1.82) is 0 Å². The molecule has 0 aliphatic carbocycles. The first kappa shape index (κ1) is 12.7. The normalized spacial score (nSPS) is 11.4. The summed E-state index contributed by atoms with van der Waals surface area (Å²) in [7, 11) is 3.63. The molecule has 0 spiro atoms. The Hall–Kier alpha value is -0.340. The van der Waals surface area contributed by atoms with E-state index in [4.69, 9.17) is 0 Å². The third-order valence-electron chi connectivity index (χ3n) is 2.06. The van der Waals surface area contributed by atoms with E-state index in [-0.39, 0.29) is 5.41 Å². The zero-order valence-electron chi connectivity index (χ0n) is 9.62. The Morgan fingerprint density at radius 3 is 2.27 bits per heavy atom. The van der Waals surface area contributed by atoms with Gasteiger partial charge in [-0.2, -0.15) is 0 Å². The molecule has 0 saturated heterocycles. The van der Waals surface area contributed by atoms with Crippen LogP contribution in [0.3, 0.4) is 0 Å². The molecule has 0 unspecified atom stereocenters. The van der Waals surface area contributed by atoms with Gasteiger partial charge in [0.25, 0.3) is 0 Å². The monoisotopic (exact) mass is 238 g/mol. The van der Waals surface area contributed by atoms with Gasteiger partial charge in [-0.25, -0.2) is 0 Å². The van der Waals surface area contributed by atoms with Gasteiger partial charge in [-0.05, 0) is 23.1 Å². The molecule has 0 nitrogen and oxygen atoms in total. The lowest BCUT2D eigenvalue weighted by Gasteiger charge is -2.18. The van der Waals surface area contributed by atoms with Gasteiger partial charge in [0.1, 0.15) is 0 Å². The van der Waals surface area contributed by atoms with Gasteiger partial charge in [-0.1, -0.05) is 60.6 Å². The Labute approximate surface area is 101 Å². The van der Waals surface area contributed by atoms with Crippen LogP contribution in [-0.2, 0) is 5.41 Å². The van der Waals surface area contributed by atoms with Crippen LogP contribution in [0.5, 0.6) is 0 Å². The van der Waals surface area contributed by atoms with E-state index in [2.05, 4.69) is 51.6 Å². The van der Waals surface area contributed by atoms with E-state index < -0.39 is 0 Å². The van der Waals surface area contributed by atoms with Crippen molar-refractivity contribution >= 4 is 21.6 Å². The minimum Gasteiger partial charge on any atom is -0.102 e. The summed E-state index contributed by atoms with van der Waals surface area (Å²) in [6.07, 6.45) is 1.93. The Morgan fingerprint density at radius 2 is 1.80 bits per heavy atom. The highest BCUT2D eigenvalue weighted by atomic mass is 33.1. The fourth-order valence-electron chi connectivity index (χ4n) is 1.16. The maximum absolute atomic E-state index is 3.70. The van der Waals surface area contributed by atoms with Crippen LogP contribution in [-0.4, -0.2) is 5.75 Å². The Morgan fingerprint density at radius 1 is 1.20 bits per heavy atom. The summed E-state index contributed by atoms with van der Waals surface area (Å²) < 4.78 is 0. The van der Waals surface area contributed by atoms with Crippen molar-refractivity contribution in [2.75, 3.05) is 5.75 Å². The molecule has 0 atom stereocenters. The summed E-state index contributed by atoms with van der Waals surface area (Å²) >= 11 is 0. The van der Waals surface area contributed by atoms with Crippen molar-refractivity contribution in [2.45, 2.75) is 31.1 Å². The van der Waals surface area contributed by atoms with Gasteiger partial charge in [-0.15, -0.1) is 6.58 Å². The second-order valence-electron chi connectivity index (χ2n) is 4.43. The van der Waals surface area contributed by atoms with Crippen molar-refractivity contribution in [1.82, 2.24) is 0 Å². The number of rotatable bonds is 4. The average Bonchev–Trinajstić information content (AvgIpc) is 2.18. The molecule has 0 aromatic heterocycles. The minimum atomic E-state index is 0.247. The summed E-state index contributed by atoms with van der Waals surface area (Å²) in [5, 5.41) is 0. The maximum atomic E-state index is 3.70. The molecule has 0 aliphatic heterocycles. The summed E-state index contributed by atoms with van der Waals surface area (Å²) in [6.45, 7) is 10.4. The summed E-state index contributed by atoms with van der Waals surface area (Å²) in [4.78, 5) is 1.31. The topological polar surface area (TPSA) is 0 Å². The summed E-state index contributed by atoms with van der Waals surface area (Å²) in [5.41, 5.74) is 1.64. The lowest BCUT2D eigenvalue weighted by atomic mass is 9.87. The lowest BCUT2D eigenvalue weighted by Crippen LogP contribution is -2.10. The zero-order chi connectivity index (χ0) is 11.3. The Bertz CT molecular complexity index is 306. The van der Waals surface area contributed by atoms with Crippen molar-refractivity contribution in [3.05, 3.63) is 42.5 Å². The second-order valence-corrected chi connectivity index (χ2v) is 6.85. The first-order valence-electron chi connectivity index (χ1n) is 5.05. The molecule has 0 heterocycles. The van der Waals surface area contributed by atoms with Crippen LogP contribution < -0.4 is 0 Å². The van der Waals surface area contributed by atoms with Crippen molar-refractivity contribution < 1.29 is 0 Å². The van der Waals surface area contributed by atoms with E-state index in [1.165, 1.54) is 10.5 Å². The molecule has 0 N–H and O–H groups in total. The van der Waals surface area contributed by atoms with Crippen LogP contribution in [0.4, 0.5) is 0 Å². The summed E-state index contributed by atoms with van der Waals surface area (Å²) in [5.74, 6) is 0.992. The lowest BCUT2D eigenvalue weighted by molar-refractivity contribution is 0.590. The minimum absolute atomic E-state index is 0.247. The van der Waals surface area contributed by atoms with E-state index in [1.54, 1.807) is 0 Å². The molecule has 1 rings (SSSR count). The van der Waals surface area contributed by atoms with Gasteiger partial charge >= 0.3 is 0 Å². The van der Waals surface area contributed by atoms with Gasteiger partial charge in [0.15, 0.2) is 0 Å². The van der Waals surface area contributed by atoms with Gasteiger partial charge in [-0.3, -0.25) is 0 Å².